The van der Waals surface area contributed by atoms with Crippen molar-refractivity contribution in [3.8, 4) is 302 Å². The highest BCUT2D eigenvalue weighted by Crippen LogP contribution is 2.45. The number of halogens is 4. The minimum absolute atomic E-state index is 0.00652. The predicted molar refractivity (Wildman–Crippen MR) is 390 cm³/mol. The van der Waals surface area contributed by atoms with Crippen molar-refractivity contribution in [1.82, 2.24) is 19.9 Å². The lowest BCUT2D eigenvalue weighted by Crippen LogP contribution is -2.26. The molecule has 15 nitrogen and oxygen atoms in total. The second-order valence-electron chi connectivity index (χ2n) is 15.7. The van der Waals surface area contributed by atoms with E-state index in [1.54, 1.807) is 31.2 Å². The van der Waals surface area contributed by atoms with Gasteiger partial charge in [-0.1, -0.05) is 29.1 Å². The number of ether oxygens (including phenoxy) is 4. The van der Waals surface area contributed by atoms with Gasteiger partial charge in [0.1, 0.15) is 15.7 Å². The van der Waals surface area contributed by atoms with Crippen LogP contribution < -0.4 is 33.9 Å². The maximum absolute atomic E-state index is 12.1. The van der Waals surface area contributed by atoms with Crippen LogP contribution in [0.15, 0.2) is 36.7 Å². The zero-order chi connectivity index (χ0) is 73.2. The molecular weight excluding hydrogens is 1370 g/mol. The second-order valence-corrected chi connectivity index (χ2v) is 21.3. The third kappa shape index (κ3) is 38.3. The van der Waals surface area contributed by atoms with E-state index in [4.69, 9.17) is 78.2 Å². The molecule has 2 N–H and O–H groups in total. The molecule has 4 aromatic rings. The van der Waals surface area contributed by atoms with Crippen molar-refractivity contribution in [1.29, 1.82) is 0 Å². The fourth-order valence-electron chi connectivity index (χ4n) is 5.49. The molecular formula is C78H37Cl4N7O8S2-2. The van der Waals surface area contributed by atoms with E-state index in [2.05, 4.69) is 304 Å². The van der Waals surface area contributed by atoms with Crippen molar-refractivity contribution in [2.75, 3.05) is 62.9 Å². The SMILES string of the molecule is COc1ccc(Nc2nc(Cl)ncc2Cl)c(CS(C)(=O)=O)c1OC.COc1ccc(Nc2nc(Cl)ncc2Cl)c(N(C)S(C)(=O)=O)c1OC.[C-]#CC#CC#CC#CC#CC#CC#CC#CC#C.[CH2-]C#CC#CC#CC#CC#CC#CC#CC#CC#CC#CC#CC#CC#CC#CC#CC. The minimum Gasteiger partial charge on any atom is -0.493 e. The number of methoxy groups -OCH3 is 4. The van der Waals surface area contributed by atoms with Crippen LogP contribution in [0, 0.1) is 292 Å². The van der Waals surface area contributed by atoms with Gasteiger partial charge in [-0.3, -0.25) is 16.1 Å². The number of nitrogens with zero attached hydrogens (tertiary/aromatic N) is 5. The molecule has 0 saturated heterocycles. The summed E-state index contributed by atoms with van der Waals surface area (Å²) in [5.74, 6) is 114. The monoisotopic (exact) mass is 1400 g/mol. The van der Waals surface area contributed by atoms with Crippen molar-refractivity contribution < 1.29 is 35.8 Å². The van der Waals surface area contributed by atoms with Gasteiger partial charge in [0, 0.05) is 83.8 Å². The van der Waals surface area contributed by atoms with Crippen molar-refractivity contribution in [3.63, 3.8) is 0 Å². The molecule has 2 heterocycles. The Morgan fingerprint density at radius 3 is 1.09 bits per heavy atom. The molecule has 21 heteroatoms. The molecule has 0 aliphatic carbocycles. The van der Waals surface area contributed by atoms with Gasteiger partial charge in [-0.05, 0) is 226 Å². The van der Waals surface area contributed by atoms with Gasteiger partial charge in [0.15, 0.2) is 44.5 Å². The zero-order valence-corrected chi connectivity index (χ0v) is 57.4. The number of aromatic nitrogens is 4. The van der Waals surface area contributed by atoms with E-state index in [0.717, 1.165) is 16.8 Å². The maximum atomic E-state index is 12.1. The van der Waals surface area contributed by atoms with E-state index >= 15 is 0 Å². The molecule has 0 radical (unpaired) electrons. The van der Waals surface area contributed by atoms with Gasteiger partial charge in [0.2, 0.25) is 20.6 Å². The van der Waals surface area contributed by atoms with Gasteiger partial charge >= 0.3 is 0 Å². The Morgan fingerprint density at radius 1 is 0.475 bits per heavy atom. The largest absolute Gasteiger partial charge is 0.493 e. The fourth-order valence-corrected chi connectivity index (χ4v) is 7.35. The molecule has 0 saturated carbocycles. The van der Waals surface area contributed by atoms with Crippen LogP contribution in [0.1, 0.15) is 12.5 Å². The van der Waals surface area contributed by atoms with Crippen LogP contribution in [0.2, 0.25) is 20.6 Å². The van der Waals surface area contributed by atoms with Crippen molar-refractivity contribution in [2.45, 2.75) is 12.7 Å². The standard InChI is InChI=1S/C32H5.C18H.C14H16Cl2N4O4S.C14H15Cl2N3O4S/c1-3-5-7-9-11-13-15-17-19-21-23-25-27-29-31-32-30-28-26-24-22-20-18-16-14-12-10-8-6-4-2;1-3-5-7-9-11-13-15-17-18-16-14-12-10-8-6-4-2;1-20(25(4,21)22)11-9(5-6-10(23-2)12(11)24-3)18-13-8(15)7-17-14(16)19-13;1-22-11-5-4-10(8(12(11)23-2)7-24(3,20)21)18-13-9(15)6-17-14(16)19-13/h1H2,2H3;1H;5-7H,1-4H3,(H,17,18,19);4-6H,7H2,1-3H3,(H,17,18,19)/q2*-1;;. The summed E-state index contributed by atoms with van der Waals surface area (Å²) in [5.41, 5.74) is 1.46. The lowest BCUT2D eigenvalue weighted by Gasteiger charge is -2.24. The molecule has 0 spiro atoms. The number of rotatable bonds is 12. The first kappa shape index (κ1) is 82.6. The first-order valence-electron chi connectivity index (χ1n) is 25.8. The Kier molecular flexibility index (Phi) is 42.6. The lowest BCUT2D eigenvalue weighted by atomic mass is 10.1. The zero-order valence-electron chi connectivity index (χ0n) is 52.8. The first-order chi connectivity index (χ1) is 47.8. The summed E-state index contributed by atoms with van der Waals surface area (Å²) in [6.07, 6.45) is 16.2. The summed E-state index contributed by atoms with van der Waals surface area (Å²) >= 11 is 23.7. The molecule has 0 aliphatic heterocycles. The van der Waals surface area contributed by atoms with E-state index < -0.39 is 19.9 Å². The molecule has 0 atom stereocenters. The number of hydrogen-bond donors (Lipinski definition) is 2. The summed E-state index contributed by atoms with van der Waals surface area (Å²) in [7, 11) is 0.248. The average molecular weight is 1410 g/mol. The average Bonchev–Trinajstić information content (AvgIpc) is 0.798. The van der Waals surface area contributed by atoms with E-state index in [9.17, 15) is 16.8 Å². The Balaban J connectivity index is 0.000000672. The Hall–Kier alpha value is -14.4. The molecule has 0 aliphatic rings. The third-order valence-electron chi connectivity index (χ3n) is 9.17. The molecule has 4 rings (SSSR count). The van der Waals surface area contributed by atoms with E-state index in [1.165, 1.54) is 47.9 Å². The molecule has 0 amide bonds. The number of hydrogen-bond acceptors (Lipinski definition) is 14. The first-order valence-corrected chi connectivity index (χ1v) is 31.3. The topological polar surface area (TPSA) is 184 Å². The molecule has 0 bridgehead atoms. The second kappa shape index (κ2) is 51.1. The molecule has 99 heavy (non-hydrogen) atoms. The number of anilines is 5. The number of nitrogens with one attached hydrogen (secondary N) is 2. The van der Waals surface area contributed by atoms with Crippen LogP contribution >= 0.6 is 46.4 Å². The van der Waals surface area contributed by atoms with Gasteiger partial charge in [0.25, 0.3) is 0 Å². The normalized spacial score (nSPS) is 7.45. The van der Waals surface area contributed by atoms with E-state index in [0.29, 0.717) is 34.2 Å². The van der Waals surface area contributed by atoms with Gasteiger partial charge in [0.05, 0.1) is 58.5 Å². The number of terminal acetylenes is 1. The fraction of sp³-hybridized carbons (Fsp3) is 0.115. The highest BCUT2D eigenvalue weighted by Gasteiger charge is 2.25. The Morgan fingerprint density at radius 2 is 0.788 bits per heavy atom. The highest BCUT2D eigenvalue weighted by atomic mass is 35.5. The highest BCUT2D eigenvalue weighted by molar-refractivity contribution is 7.92. The van der Waals surface area contributed by atoms with Crippen molar-refractivity contribution in [2.24, 2.45) is 0 Å². The molecule has 0 unspecified atom stereocenters. The van der Waals surface area contributed by atoms with Gasteiger partial charge in [-0.15, -0.1) is 18.3 Å². The summed E-state index contributed by atoms with van der Waals surface area (Å²) in [5, 5.41) is 6.36. The molecule has 474 valence electrons. The summed E-state index contributed by atoms with van der Waals surface area (Å²) < 4.78 is 69.9. The van der Waals surface area contributed by atoms with Gasteiger partial charge in [-0.25, -0.2) is 38.6 Å². The summed E-state index contributed by atoms with van der Waals surface area (Å²) in [6.45, 7) is 5.00. The Labute approximate surface area is 600 Å². The van der Waals surface area contributed by atoms with Gasteiger partial charge in [-0.2, -0.15) is 16.9 Å². The van der Waals surface area contributed by atoms with Gasteiger partial charge < -0.3 is 36.0 Å². The van der Waals surface area contributed by atoms with Crippen LogP contribution in [0.3, 0.4) is 0 Å². The minimum atomic E-state index is -3.58. The van der Waals surface area contributed by atoms with E-state index in [1.807, 2.05) is 5.92 Å². The van der Waals surface area contributed by atoms with Crippen molar-refractivity contribution >= 4 is 95.0 Å². The smallest absolute Gasteiger partial charge is 0.232 e. The van der Waals surface area contributed by atoms with Crippen LogP contribution in [0.5, 0.6) is 23.0 Å². The summed E-state index contributed by atoms with van der Waals surface area (Å²) in [4.78, 5) is 15.5. The van der Waals surface area contributed by atoms with Crippen LogP contribution in [-0.4, -0.2) is 84.8 Å². The molecule has 0 fully saturated rings. The lowest BCUT2D eigenvalue weighted by molar-refractivity contribution is 0.353. The molecule has 2 aromatic carbocycles. The number of benzene rings is 2. The summed E-state index contributed by atoms with van der Waals surface area (Å²) in [6, 6.07) is 6.53. The van der Waals surface area contributed by atoms with Crippen molar-refractivity contribution in [3.05, 3.63) is 76.2 Å². The number of sulfonamides is 1. The maximum Gasteiger partial charge on any atom is 0.232 e. The quantitative estimate of drug-likeness (QED) is 0.0828. The van der Waals surface area contributed by atoms with Crippen LogP contribution in [-0.2, 0) is 25.6 Å². The van der Waals surface area contributed by atoms with Crippen LogP contribution in [0.4, 0.5) is 28.7 Å². The Bertz CT molecular complexity index is 5460. The third-order valence-corrected chi connectivity index (χ3v) is 12.1. The molecule has 2 aromatic heterocycles. The van der Waals surface area contributed by atoms with Crippen LogP contribution in [0.25, 0.3) is 0 Å². The predicted octanol–water partition coefficient (Wildman–Crippen LogP) is 7.15. The van der Waals surface area contributed by atoms with E-state index in [-0.39, 0.29) is 49.4 Å². The number of sulfone groups is 1.